The SMILES string of the molecule is CC(=O)COc1nn(C)c(-c2ccccc2)c1C. The first-order valence-corrected chi connectivity index (χ1v) is 5.81. The number of aromatic nitrogens is 2. The van der Waals surface area contributed by atoms with Crippen molar-refractivity contribution in [1.29, 1.82) is 0 Å². The normalized spacial score (nSPS) is 10.4. The Morgan fingerprint density at radius 1 is 1.33 bits per heavy atom. The number of carbonyl (C=O) groups excluding carboxylic acids is 1. The van der Waals surface area contributed by atoms with Crippen molar-refractivity contribution in [2.24, 2.45) is 7.05 Å². The summed E-state index contributed by atoms with van der Waals surface area (Å²) < 4.78 is 7.18. The second-order valence-electron chi connectivity index (χ2n) is 4.26. The van der Waals surface area contributed by atoms with Crippen LogP contribution in [-0.2, 0) is 11.8 Å². The molecule has 18 heavy (non-hydrogen) atoms. The number of hydrogen-bond acceptors (Lipinski definition) is 3. The zero-order valence-electron chi connectivity index (χ0n) is 10.8. The molecular formula is C14H16N2O2. The highest BCUT2D eigenvalue weighted by molar-refractivity contribution is 5.77. The lowest BCUT2D eigenvalue weighted by molar-refractivity contribution is -0.119. The Morgan fingerprint density at radius 2 is 2.00 bits per heavy atom. The molecule has 0 aliphatic heterocycles. The van der Waals surface area contributed by atoms with Gasteiger partial charge in [-0.25, -0.2) is 0 Å². The topological polar surface area (TPSA) is 44.1 Å². The molecule has 0 atom stereocenters. The lowest BCUT2D eigenvalue weighted by Crippen LogP contribution is -2.07. The molecule has 0 aliphatic rings. The number of aryl methyl sites for hydroxylation is 1. The number of ether oxygens (including phenoxy) is 1. The van der Waals surface area contributed by atoms with Crippen LogP contribution in [0.15, 0.2) is 30.3 Å². The molecule has 0 aliphatic carbocycles. The van der Waals surface area contributed by atoms with E-state index in [1.807, 2.05) is 44.3 Å². The number of carbonyl (C=O) groups is 1. The van der Waals surface area contributed by atoms with Crippen LogP contribution in [0.2, 0.25) is 0 Å². The fourth-order valence-electron chi connectivity index (χ4n) is 1.91. The summed E-state index contributed by atoms with van der Waals surface area (Å²) in [5.41, 5.74) is 3.04. The lowest BCUT2D eigenvalue weighted by atomic mass is 10.1. The molecular weight excluding hydrogens is 228 g/mol. The Bertz CT molecular complexity index is 559. The van der Waals surface area contributed by atoms with E-state index >= 15 is 0 Å². The van der Waals surface area contributed by atoms with Gasteiger partial charge in [0.25, 0.3) is 0 Å². The summed E-state index contributed by atoms with van der Waals surface area (Å²) in [4.78, 5) is 10.9. The quantitative estimate of drug-likeness (QED) is 0.829. The van der Waals surface area contributed by atoms with Gasteiger partial charge in [0.05, 0.1) is 5.69 Å². The van der Waals surface area contributed by atoms with Gasteiger partial charge in [0.1, 0.15) is 6.61 Å². The average molecular weight is 244 g/mol. The molecule has 4 heteroatoms. The van der Waals surface area contributed by atoms with Crippen molar-refractivity contribution in [2.45, 2.75) is 13.8 Å². The standard InChI is InChI=1S/C14H16N2O2/c1-10(17)9-18-14-11(2)13(16(3)15-14)12-7-5-4-6-8-12/h4-8H,9H2,1-3H3. The molecule has 0 saturated heterocycles. The van der Waals surface area contributed by atoms with Crippen molar-refractivity contribution in [3.05, 3.63) is 35.9 Å². The molecule has 2 rings (SSSR count). The molecule has 0 radical (unpaired) electrons. The van der Waals surface area contributed by atoms with Gasteiger partial charge in [-0.2, -0.15) is 0 Å². The maximum Gasteiger partial charge on any atom is 0.236 e. The first kappa shape index (κ1) is 12.4. The zero-order valence-corrected chi connectivity index (χ0v) is 10.8. The number of ketones is 1. The molecule has 1 aromatic heterocycles. The smallest absolute Gasteiger partial charge is 0.236 e. The van der Waals surface area contributed by atoms with Gasteiger partial charge in [-0.15, -0.1) is 5.10 Å². The number of rotatable bonds is 4. The van der Waals surface area contributed by atoms with Crippen molar-refractivity contribution < 1.29 is 9.53 Å². The van der Waals surface area contributed by atoms with E-state index in [9.17, 15) is 4.79 Å². The predicted octanol–water partition coefficient (Wildman–Crippen LogP) is 2.36. The first-order valence-electron chi connectivity index (χ1n) is 5.81. The minimum Gasteiger partial charge on any atom is -0.468 e. The van der Waals surface area contributed by atoms with Crippen LogP contribution in [0.1, 0.15) is 12.5 Å². The molecule has 0 bridgehead atoms. The second kappa shape index (κ2) is 5.04. The van der Waals surface area contributed by atoms with Crippen LogP contribution in [0.3, 0.4) is 0 Å². The Kier molecular flexibility index (Phi) is 3.46. The van der Waals surface area contributed by atoms with Crippen LogP contribution in [0.5, 0.6) is 5.88 Å². The number of nitrogens with zero attached hydrogens (tertiary/aromatic N) is 2. The van der Waals surface area contributed by atoms with Crippen LogP contribution >= 0.6 is 0 Å². The van der Waals surface area contributed by atoms with E-state index in [1.54, 1.807) is 4.68 Å². The van der Waals surface area contributed by atoms with Crippen LogP contribution in [0.4, 0.5) is 0 Å². The minimum absolute atomic E-state index is 0.0127. The van der Waals surface area contributed by atoms with Crippen LogP contribution < -0.4 is 4.74 Å². The third kappa shape index (κ3) is 2.42. The van der Waals surface area contributed by atoms with E-state index in [4.69, 9.17) is 4.74 Å². The minimum atomic E-state index is -0.0127. The molecule has 0 unspecified atom stereocenters. The van der Waals surface area contributed by atoms with E-state index in [-0.39, 0.29) is 12.4 Å². The molecule has 2 aromatic rings. The van der Waals surface area contributed by atoms with Gasteiger partial charge in [0.2, 0.25) is 5.88 Å². The molecule has 4 nitrogen and oxygen atoms in total. The van der Waals surface area contributed by atoms with Crippen LogP contribution in [0, 0.1) is 6.92 Å². The summed E-state index contributed by atoms with van der Waals surface area (Å²) in [5.74, 6) is 0.507. The maximum absolute atomic E-state index is 10.9. The van der Waals surface area contributed by atoms with Crippen molar-refractivity contribution in [3.8, 4) is 17.1 Å². The Labute approximate surface area is 106 Å². The van der Waals surface area contributed by atoms with E-state index in [1.165, 1.54) is 6.92 Å². The van der Waals surface area contributed by atoms with Gasteiger partial charge < -0.3 is 4.74 Å². The molecule has 0 saturated carbocycles. The van der Waals surface area contributed by atoms with Gasteiger partial charge in [-0.05, 0) is 13.8 Å². The fourth-order valence-corrected chi connectivity index (χ4v) is 1.91. The van der Waals surface area contributed by atoms with Gasteiger partial charge in [-0.3, -0.25) is 9.48 Å². The third-order valence-electron chi connectivity index (χ3n) is 2.70. The van der Waals surface area contributed by atoms with Crippen LogP contribution in [0.25, 0.3) is 11.3 Å². The predicted molar refractivity (Wildman–Crippen MR) is 69.6 cm³/mol. The summed E-state index contributed by atoms with van der Waals surface area (Å²) >= 11 is 0. The molecule has 1 aromatic carbocycles. The summed E-state index contributed by atoms with van der Waals surface area (Å²) in [6, 6.07) is 10.00. The highest BCUT2D eigenvalue weighted by atomic mass is 16.5. The number of hydrogen-bond donors (Lipinski definition) is 0. The third-order valence-corrected chi connectivity index (χ3v) is 2.70. The van der Waals surface area contributed by atoms with Crippen molar-refractivity contribution in [3.63, 3.8) is 0 Å². The van der Waals surface area contributed by atoms with Gasteiger partial charge in [-0.1, -0.05) is 30.3 Å². The first-order chi connectivity index (χ1) is 8.59. The van der Waals surface area contributed by atoms with E-state index < -0.39 is 0 Å². The Morgan fingerprint density at radius 3 is 2.61 bits per heavy atom. The van der Waals surface area contributed by atoms with Gasteiger partial charge in [0.15, 0.2) is 5.78 Å². The largest absolute Gasteiger partial charge is 0.468 e. The average Bonchev–Trinajstić information content (AvgIpc) is 2.63. The van der Waals surface area contributed by atoms with Crippen LogP contribution in [-0.4, -0.2) is 22.2 Å². The summed E-state index contributed by atoms with van der Waals surface area (Å²) in [7, 11) is 1.87. The number of benzene rings is 1. The van der Waals surface area contributed by atoms with Crippen molar-refractivity contribution >= 4 is 5.78 Å². The van der Waals surface area contributed by atoms with Crippen molar-refractivity contribution in [1.82, 2.24) is 9.78 Å². The monoisotopic (exact) mass is 244 g/mol. The Balaban J connectivity index is 2.35. The summed E-state index contributed by atoms with van der Waals surface area (Å²) in [6.07, 6.45) is 0. The van der Waals surface area contributed by atoms with E-state index in [2.05, 4.69) is 5.10 Å². The molecule has 0 spiro atoms. The molecule has 0 N–H and O–H groups in total. The molecule has 0 fully saturated rings. The maximum atomic E-state index is 10.9. The highest BCUT2D eigenvalue weighted by Crippen LogP contribution is 2.28. The van der Waals surface area contributed by atoms with Gasteiger partial charge in [0, 0.05) is 18.2 Å². The molecule has 94 valence electrons. The summed E-state index contributed by atoms with van der Waals surface area (Å²) in [5, 5.41) is 4.30. The van der Waals surface area contributed by atoms with Crippen molar-refractivity contribution in [2.75, 3.05) is 6.61 Å². The van der Waals surface area contributed by atoms with E-state index in [0.29, 0.717) is 5.88 Å². The van der Waals surface area contributed by atoms with E-state index in [0.717, 1.165) is 16.8 Å². The molecule has 1 heterocycles. The number of Topliss-reactive ketones (excluding diaryl/α,β-unsaturated/α-hetero) is 1. The lowest BCUT2D eigenvalue weighted by Gasteiger charge is -2.03. The summed E-state index contributed by atoms with van der Waals surface area (Å²) in [6.45, 7) is 3.51. The Hall–Kier alpha value is -2.10. The highest BCUT2D eigenvalue weighted by Gasteiger charge is 2.15. The van der Waals surface area contributed by atoms with Gasteiger partial charge >= 0.3 is 0 Å². The zero-order chi connectivity index (χ0) is 13.1. The fraction of sp³-hybridized carbons (Fsp3) is 0.286. The molecule has 0 amide bonds. The second-order valence-corrected chi connectivity index (χ2v) is 4.26.